The number of nitrogen functional groups attached to an aromatic ring is 1. The minimum atomic E-state index is -1.24. The molecule has 2 amide bonds. The number of piperazine rings is 1. The fourth-order valence-corrected chi connectivity index (χ4v) is 8.24. The van der Waals surface area contributed by atoms with Crippen molar-refractivity contribution in [2.45, 2.75) is 89.8 Å². The van der Waals surface area contributed by atoms with Gasteiger partial charge in [0, 0.05) is 77.2 Å². The predicted molar refractivity (Wildman–Crippen MR) is 250 cm³/mol. The van der Waals surface area contributed by atoms with Crippen LogP contribution in [-0.2, 0) is 59.6 Å². The standard InChI is InChI=1S/C44H66N12O9S/c1-3-4-5-11-47-41-40-36(49-44(46)50-41)10-12-55(40)28-33-9-8-32(24-31(33)2)27-53-13-15-54(16-14-53)39(58)7-6-18-63-20-22-65-23-21-64-19-17-56-29-34(51-52-56)26-48-38(57)25-37(43(61)62)66-30-35(45)42(59)60/h8-10,12,24,29,35,37H,3-7,11,13-23,25-28,30,45H2,1-2H3,(H,48,57)(H,59,60)(H,61,62)(H3,46,47,49,50)/t35-,37-/m0/s1. The maximum absolute atomic E-state index is 12.9. The van der Waals surface area contributed by atoms with Crippen LogP contribution >= 0.6 is 11.8 Å². The Morgan fingerprint density at radius 3 is 2.36 bits per heavy atom. The van der Waals surface area contributed by atoms with Gasteiger partial charge in [0.05, 0.1) is 57.8 Å². The number of carboxylic acids is 2. The predicted octanol–water partition coefficient (Wildman–Crippen LogP) is 2.34. The number of benzene rings is 1. The lowest BCUT2D eigenvalue weighted by Crippen LogP contribution is -2.48. The Balaban J connectivity index is 0.867. The number of aliphatic carboxylic acids is 2. The van der Waals surface area contributed by atoms with E-state index in [1.165, 1.54) is 16.7 Å². The van der Waals surface area contributed by atoms with Gasteiger partial charge in [-0.1, -0.05) is 43.2 Å². The fourth-order valence-electron chi connectivity index (χ4n) is 7.24. The number of amides is 2. The molecular weight excluding hydrogens is 873 g/mol. The molecule has 22 heteroatoms. The van der Waals surface area contributed by atoms with Crippen molar-refractivity contribution in [2.24, 2.45) is 5.73 Å². The van der Waals surface area contributed by atoms with Gasteiger partial charge >= 0.3 is 11.9 Å². The van der Waals surface area contributed by atoms with Crippen molar-refractivity contribution < 1.29 is 43.6 Å². The third kappa shape index (κ3) is 17.1. The summed E-state index contributed by atoms with van der Waals surface area (Å²) in [6, 6.07) is 7.45. The van der Waals surface area contributed by atoms with Gasteiger partial charge in [0.1, 0.15) is 22.5 Å². The monoisotopic (exact) mass is 938 g/mol. The van der Waals surface area contributed by atoms with Crippen molar-refractivity contribution >= 4 is 58.3 Å². The highest BCUT2D eigenvalue weighted by Gasteiger charge is 2.25. The van der Waals surface area contributed by atoms with Gasteiger partial charge in [-0.2, -0.15) is 4.98 Å². The number of anilines is 2. The van der Waals surface area contributed by atoms with Crippen molar-refractivity contribution in [3.8, 4) is 0 Å². The molecule has 1 aliphatic rings. The van der Waals surface area contributed by atoms with E-state index in [4.69, 9.17) is 30.8 Å². The zero-order valence-corrected chi connectivity index (χ0v) is 38.9. The molecule has 66 heavy (non-hydrogen) atoms. The summed E-state index contributed by atoms with van der Waals surface area (Å²) in [5.41, 5.74) is 17.4. The van der Waals surface area contributed by atoms with Crippen LogP contribution in [0.1, 0.15) is 67.8 Å². The second kappa shape index (κ2) is 27.3. The number of nitrogens with one attached hydrogen (secondary N) is 2. The van der Waals surface area contributed by atoms with E-state index in [0.717, 1.165) is 74.1 Å². The molecule has 0 unspecified atom stereocenters. The number of unbranched alkanes of at least 4 members (excludes halogenated alkanes) is 2. The second-order valence-electron chi connectivity index (χ2n) is 16.2. The number of aryl methyl sites for hydroxylation is 1. The van der Waals surface area contributed by atoms with Gasteiger partial charge in [0.2, 0.25) is 17.8 Å². The molecule has 8 N–H and O–H groups in total. The third-order valence-electron chi connectivity index (χ3n) is 11.0. The number of nitrogens with zero attached hydrogens (tertiary/aromatic N) is 8. The van der Waals surface area contributed by atoms with Crippen LogP contribution in [0, 0.1) is 6.92 Å². The molecule has 3 aromatic heterocycles. The van der Waals surface area contributed by atoms with Crippen molar-refractivity contribution in [1.29, 1.82) is 0 Å². The third-order valence-corrected chi connectivity index (χ3v) is 12.3. The van der Waals surface area contributed by atoms with E-state index in [1.807, 2.05) is 17.2 Å². The summed E-state index contributed by atoms with van der Waals surface area (Å²) >= 11 is 0.804. The molecule has 1 aromatic carbocycles. The lowest BCUT2D eigenvalue weighted by molar-refractivity contribution is -0.139. The number of thioether (sulfide) groups is 1. The van der Waals surface area contributed by atoms with Crippen LogP contribution in [-0.4, -0.2) is 163 Å². The molecule has 4 heterocycles. The van der Waals surface area contributed by atoms with Gasteiger partial charge < -0.3 is 56.0 Å². The lowest BCUT2D eigenvalue weighted by atomic mass is 10.0. The number of ether oxygens (including phenoxy) is 3. The molecule has 21 nitrogen and oxygen atoms in total. The molecular formula is C44H66N12O9S. The van der Waals surface area contributed by atoms with E-state index >= 15 is 0 Å². The summed E-state index contributed by atoms with van der Waals surface area (Å²) in [4.78, 5) is 60.9. The number of carbonyl (C=O) groups excluding carboxylic acids is 2. The summed E-state index contributed by atoms with van der Waals surface area (Å²) in [6.45, 7) is 12.7. The number of carboxylic acid groups (broad SMARTS) is 2. The molecule has 0 spiro atoms. The highest BCUT2D eigenvalue weighted by Crippen LogP contribution is 2.25. The van der Waals surface area contributed by atoms with Gasteiger partial charge in [-0.3, -0.25) is 24.1 Å². The first-order valence-corrected chi connectivity index (χ1v) is 23.6. The molecule has 1 fully saturated rings. The Bertz CT molecular complexity index is 2160. The van der Waals surface area contributed by atoms with Crippen LogP contribution in [0.4, 0.5) is 11.8 Å². The van der Waals surface area contributed by atoms with Crippen LogP contribution in [0.2, 0.25) is 0 Å². The molecule has 5 rings (SSSR count). The quantitative estimate of drug-likeness (QED) is 0.0395. The highest BCUT2D eigenvalue weighted by atomic mass is 32.2. The normalized spacial score (nSPS) is 14.1. The molecule has 0 saturated carbocycles. The Morgan fingerprint density at radius 2 is 1.65 bits per heavy atom. The van der Waals surface area contributed by atoms with Crippen molar-refractivity contribution in [3.05, 3.63) is 59.0 Å². The topological polar surface area (TPSA) is 280 Å². The number of fused-ring (bicyclic) bond motifs is 1. The minimum absolute atomic E-state index is 0.0509. The summed E-state index contributed by atoms with van der Waals surface area (Å²) in [5, 5.41) is 31.2. The number of rotatable bonds is 31. The van der Waals surface area contributed by atoms with Crippen LogP contribution in [0.5, 0.6) is 0 Å². The van der Waals surface area contributed by atoms with Gasteiger partial charge in [0.25, 0.3) is 0 Å². The van der Waals surface area contributed by atoms with Gasteiger partial charge in [-0.05, 0) is 42.5 Å². The summed E-state index contributed by atoms with van der Waals surface area (Å²) < 4.78 is 20.6. The number of nitrogens with two attached hydrogens (primary N) is 2. The molecule has 0 radical (unpaired) electrons. The molecule has 0 aliphatic carbocycles. The van der Waals surface area contributed by atoms with Crippen molar-refractivity contribution in [2.75, 3.05) is 89.2 Å². The number of hydrogen-bond donors (Lipinski definition) is 6. The SMILES string of the molecule is CCCCCNc1nc(N)nc2ccn(Cc3ccc(CN4CCN(C(=O)CCCOCCOCCOCCn5cc(CNC(=O)C[C@H](SC[C@H](N)C(=O)O)C(=O)O)nn5)CC4)cc3C)c12. The Morgan fingerprint density at radius 1 is 0.909 bits per heavy atom. The maximum atomic E-state index is 12.9. The number of aromatic nitrogens is 6. The number of hydrogen-bond acceptors (Lipinski definition) is 16. The van der Waals surface area contributed by atoms with Crippen LogP contribution in [0.3, 0.4) is 0 Å². The summed E-state index contributed by atoms with van der Waals surface area (Å²) in [5.74, 6) is -1.92. The first-order chi connectivity index (χ1) is 31.9. The zero-order valence-electron chi connectivity index (χ0n) is 38.1. The molecule has 4 aromatic rings. The molecule has 1 aliphatic heterocycles. The Labute approximate surface area is 389 Å². The summed E-state index contributed by atoms with van der Waals surface area (Å²) in [6.07, 6.45) is 7.84. The molecule has 0 bridgehead atoms. The van der Waals surface area contributed by atoms with E-state index in [1.54, 1.807) is 10.9 Å². The molecule has 1 saturated heterocycles. The highest BCUT2D eigenvalue weighted by molar-refractivity contribution is 8.00. The average Bonchev–Trinajstić information content (AvgIpc) is 3.93. The van der Waals surface area contributed by atoms with Gasteiger partial charge in [0.15, 0.2) is 5.82 Å². The van der Waals surface area contributed by atoms with Crippen LogP contribution < -0.4 is 22.1 Å². The molecule has 2 atom stereocenters. The zero-order chi connectivity index (χ0) is 47.3. The fraction of sp³-hybridized carbons (Fsp3) is 0.591. The van der Waals surface area contributed by atoms with E-state index < -0.39 is 29.1 Å². The van der Waals surface area contributed by atoms with Crippen LogP contribution in [0.15, 0.2) is 36.7 Å². The summed E-state index contributed by atoms with van der Waals surface area (Å²) in [7, 11) is 0. The lowest BCUT2D eigenvalue weighted by Gasteiger charge is -2.35. The van der Waals surface area contributed by atoms with E-state index in [2.05, 4.69) is 72.4 Å². The largest absolute Gasteiger partial charge is 0.480 e. The first kappa shape index (κ1) is 51.6. The van der Waals surface area contributed by atoms with Crippen molar-refractivity contribution in [1.82, 2.24) is 44.6 Å². The maximum Gasteiger partial charge on any atom is 0.321 e. The van der Waals surface area contributed by atoms with Crippen LogP contribution in [0.25, 0.3) is 11.0 Å². The first-order valence-electron chi connectivity index (χ1n) is 22.6. The smallest absolute Gasteiger partial charge is 0.321 e. The van der Waals surface area contributed by atoms with Gasteiger partial charge in [-0.25, -0.2) is 9.67 Å². The molecule has 362 valence electrons. The Kier molecular flexibility index (Phi) is 21.3. The minimum Gasteiger partial charge on any atom is -0.480 e. The Hall–Kier alpha value is -5.39. The van der Waals surface area contributed by atoms with E-state index in [-0.39, 0.29) is 30.6 Å². The number of carbonyl (C=O) groups is 4. The van der Waals surface area contributed by atoms with Crippen molar-refractivity contribution in [3.63, 3.8) is 0 Å². The van der Waals surface area contributed by atoms with E-state index in [0.29, 0.717) is 84.4 Å². The second-order valence-corrected chi connectivity index (χ2v) is 17.4. The average molecular weight is 939 g/mol. The van der Waals surface area contributed by atoms with E-state index in [9.17, 15) is 24.3 Å². The van der Waals surface area contributed by atoms with Gasteiger partial charge in [-0.15, -0.1) is 16.9 Å².